The Morgan fingerprint density at radius 2 is 0.567 bits per heavy atom. The zero-order valence-corrected chi connectivity index (χ0v) is 17.9. The number of rotatable bonds is 1. The third-order valence-electron chi connectivity index (χ3n) is 3.01. The largest absolute Gasteiger partial charge is 0.466 e. The Bertz CT molecular complexity index is 541. The Balaban J connectivity index is 0.000000350. The van der Waals surface area contributed by atoms with E-state index in [0.29, 0.717) is 6.61 Å². The lowest BCUT2D eigenvalue weighted by molar-refractivity contribution is -0.140. The smallest absolute Gasteiger partial charge is 0.302 e. The van der Waals surface area contributed by atoms with Crippen molar-refractivity contribution in [1.82, 2.24) is 0 Å². The molecule has 2 nitrogen and oxygen atoms in total. The highest BCUT2D eigenvalue weighted by Crippen LogP contribution is 1.81. The first-order chi connectivity index (χ1) is 14.8. The lowest BCUT2D eigenvalue weighted by atomic mass is 10.4. The van der Waals surface area contributed by atoms with Crippen LogP contribution in [0.2, 0.25) is 0 Å². The Kier molecular flexibility index (Phi) is 20.5. The Labute approximate surface area is 181 Å². The fourth-order valence-electron chi connectivity index (χ4n) is 1.74. The fourth-order valence-corrected chi connectivity index (χ4v) is 1.74. The van der Waals surface area contributed by atoms with Gasteiger partial charge in [0.2, 0.25) is 0 Å². The van der Waals surface area contributed by atoms with Gasteiger partial charge in [-0.2, -0.15) is 0 Å². The number of ether oxygens (including phenoxy) is 1. The van der Waals surface area contributed by atoms with Gasteiger partial charge in [-0.3, -0.25) is 4.79 Å². The summed E-state index contributed by atoms with van der Waals surface area (Å²) in [5, 5.41) is 0. The molecule has 0 N–H and O–H groups in total. The molecule has 156 valence electrons. The molecule has 0 unspecified atom stereocenters. The number of hydrogen-bond donors (Lipinski definition) is 0. The van der Waals surface area contributed by atoms with Gasteiger partial charge in [-0.25, -0.2) is 0 Å². The average molecular weight is 401 g/mol. The molecule has 0 heterocycles. The van der Waals surface area contributed by atoms with Crippen LogP contribution in [0.4, 0.5) is 0 Å². The van der Waals surface area contributed by atoms with E-state index >= 15 is 0 Å². The van der Waals surface area contributed by atoms with Crippen LogP contribution in [0.1, 0.15) is 13.8 Å². The molecule has 0 saturated carbocycles. The van der Waals surface area contributed by atoms with E-state index in [0.717, 1.165) is 0 Å². The van der Waals surface area contributed by atoms with Crippen molar-refractivity contribution < 1.29 is 9.53 Å². The molecular formula is C28H32O2. The van der Waals surface area contributed by atoms with Crippen LogP contribution in [0.15, 0.2) is 146 Å². The Morgan fingerprint density at radius 1 is 0.433 bits per heavy atom. The van der Waals surface area contributed by atoms with Gasteiger partial charge in [-0.15, -0.1) is 0 Å². The minimum atomic E-state index is -0.211. The first kappa shape index (κ1) is 26.4. The molecule has 0 aliphatic carbocycles. The first-order valence-corrected chi connectivity index (χ1v) is 9.90. The molecule has 0 fully saturated rings. The summed E-state index contributed by atoms with van der Waals surface area (Å²) in [6.07, 6.45) is 0. The predicted molar refractivity (Wildman–Crippen MR) is 128 cm³/mol. The van der Waals surface area contributed by atoms with Gasteiger partial charge in [0.1, 0.15) is 0 Å². The van der Waals surface area contributed by atoms with E-state index in [1.54, 1.807) is 6.92 Å². The highest BCUT2D eigenvalue weighted by atomic mass is 16.5. The molecule has 0 atom stereocenters. The molecule has 0 radical (unpaired) electrons. The number of hydrogen-bond acceptors (Lipinski definition) is 2. The summed E-state index contributed by atoms with van der Waals surface area (Å²) in [4.78, 5) is 9.82. The molecule has 4 aromatic carbocycles. The van der Waals surface area contributed by atoms with Crippen molar-refractivity contribution >= 4 is 5.97 Å². The summed E-state index contributed by atoms with van der Waals surface area (Å²) in [6, 6.07) is 48.0. The quantitative estimate of drug-likeness (QED) is 0.313. The van der Waals surface area contributed by atoms with E-state index < -0.39 is 0 Å². The Morgan fingerprint density at radius 3 is 0.600 bits per heavy atom. The number of carbonyl (C=O) groups excluding carboxylic acids is 1. The van der Waals surface area contributed by atoms with Gasteiger partial charge in [0.05, 0.1) is 6.61 Å². The molecule has 0 amide bonds. The third kappa shape index (κ3) is 24.4. The van der Waals surface area contributed by atoms with Crippen molar-refractivity contribution in [2.75, 3.05) is 6.61 Å². The van der Waals surface area contributed by atoms with E-state index in [4.69, 9.17) is 0 Å². The summed E-state index contributed by atoms with van der Waals surface area (Å²) in [5.41, 5.74) is 0. The predicted octanol–water partition coefficient (Wildman–Crippen LogP) is 7.32. The summed E-state index contributed by atoms with van der Waals surface area (Å²) < 4.78 is 4.40. The van der Waals surface area contributed by atoms with E-state index in [9.17, 15) is 4.79 Å². The van der Waals surface area contributed by atoms with Crippen LogP contribution in [0.25, 0.3) is 0 Å². The molecule has 4 rings (SSSR count). The fraction of sp³-hybridized carbons (Fsp3) is 0.107. The van der Waals surface area contributed by atoms with Crippen molar-refractivity contribution in [3.63, 3.8) is 0 Å². The zero-order valence-electron chi connectivity index (χ0n) is 17.9. The molecule has 4 aromatic rings. The normalized spacial score (nSPS) is 7.93. The Hall–Kier alpha value is -3.65. The number of esters is 1. The topological polar surface area (TPSA) is 26.3 Å². The van der Waals surface area contributed by atoms with Crippen LogP contribution >= 0.6 is 0 Å². The molecule has 30 heavy (non-hydrogen) atoms. The van der Waals surface area contributed by atoms with Crippen LogP contribution in [0.5, 0.6) is 0 Å². The molecular weight excluding hydrogens is 368 g/mol. The standard InChI is InChI=1S/4C6H6.C4H8O2/c4*1-2-4-6-5-3-1;1-3-6-4(2)5/h4*1-6H;3H2,1-2H3. The van der Waals surface area contributed by atoms with Gasteiger partial charge in [-0.1, -0.05) is 146 Å². The van der Waals surface area contributed by atoms with E-state index in [2.05, 4.69) is 4.74 Å². The van der Waals surface area contributed by atoms with Crippen LogP contribution in [-0.4, -0.2) is 12.6 Å². The molecule has 0 aromatic heterocycles. The van der Waals surface area contributed by atoms with Gasteiger partial charge in [-0.05, 0) is 6.92 Å². The van der Waals surface area contributed by atoms with E-state index in [-0.39, 0.29) is 5.97 Å². The molecule has 0 bridgehead atoms. The van der Waals surface area contributed by atoms with Gasteiger partial charge in [0.25, 0.3) is 0 Å². The maximum Gasteiger partial charge on any atom is 0.302 e. The van der Waals surface area contributed by atoms with Crippen LogP contribution in [0.3, 0.4) is 0 Å². The van der Waals surface area contributed by atoms with Gasteiger partial charge in [0.15, 0.2) is 0 Å². The second-order valence-electron chi connectivity index (χ2n) is 5.54. The van der Waals surface area contributed by atoms with Crippen molar-refractivity contribution in [2.45, 2.75) is 13.8 Å². The van der Waals surface area contributed by atoms with Crippen molar-refractivity contribution in [3.8, 4) is 0 Å². The molecule has 0 spiro atoms. The van der Waals surface area contributed by atoms with E-state index in [1.807, 2.05) is 146 Å². The molecule has 0 aliphatic rings. The molecule has 2 heteroatoms. The second kappa shape index (κ2) is 23.4. The number of carbonyl (C=O) groups is 1. The lowest BCUT2D eigenvalue weighted by Crippen LogP contribution is -1.95. The van der Waals surface area contributed by atoms with Gasteiger partial charge < -0.3 is 4.74 Å². The van der Waals surface area contributed by atoms with Crippen LogP contribution < -0.4 is 0 Å². The third-order valence-corrected chi connectivity index (χ3v) is 3.01. The highest BCUT2D eigenvalue weighted by Gasteiger charge is 1.81. The molecule has 0 aliphatic heterocycles. The minimum absolute atomic E-state index is 0.211. The zero-order chi connectivity index (χ0) is 22.0. The van der Waals surface area contributed by atoms with E-state index in [1.165, 1.54) is 6.92 Å². The first-order valence-electron chi connectivity index (χ1n) is 9.90. The summed E-state index contributed by atoms with van der Waals surface area (Å²) in [6.45, 7) is 3.65. The monoisotopic (exact) mass is 400 g/mol. The number of benzene rings is 4. The summed E-state index contributed by atoms with van der Waals surface area (Å²) >= 11 is 0. The summed E-state index contributed by atoms with van der Waals surface area (Å²) in [7, 11) is 0. The van der Waals surface area contributed by atoms with Crippen molar-refractivity contribution in [3.05, 3.63) is 146 Å². The van der Waals surface area contributed by atoms with Crippen LogP contribution in [-0.2, 0) is 9.53 Å². The minimum Gasteiger partial charge on any atom is -0.466 e. The average Bonchev–Trinajstić information content (AvgIpc) is 2.85. The maximum absolute atomic E-state index is 9.82. The molecule has 0 saturated heterocycles. The van der Waals surface area contributed by atoms with Crippen LogP contribution in [0, 0.1) is 0 Å². The lowest BCUT2D eigenvalue weighted by Gasteiger charge is -1.89. The van der Waals surface area contributed by atoms with Crippen molar-refractivity contribution in [2.24, 2.45) is 0 Å². The van der Waals surface area contributed by atoms with Crippen molar-refractivity contribution in [1.29, 1.82) is 0 Å². The maximum atomic E-state index is 9.82. The highest BCUT2D eigenvalue weighted by molar-refractivity contribution is 5.65. The SMILES string of the molecule is CCOC(C)=O.c1ccccc1.c1ccccc1.c1ccccc1.c1ccccc1. The summed E-state index contributed by atoms with van der Waals surface area (Å²) in [5.74, 6) is -0.211. The van der Waals surface area contributed by atoms with Gasteiger partial charge >= 0.3 is 5.97 Å². The van der Waals surface area contributed by atoms with Gasteiger partial charge in [0, 0.05) is 6.92 Å². The second-order valence-corrected chi connectivity index (χ2v) is 5.54.